The molecule has 0 spiro atoms. The standard InChI is InChI=1S/C15H15N3O6S/c1-9-3-4-11(5-10(9)2)23-8-14(20)24-7-12(19)17-15-16-6-13(25-15)18(21)22/h3-6H,7-8H2,1-2H3,(H,16,17,19). The van der Waals surface area contributed by atoms with Crippen molar-refractivity contribution in [2.45, 2.75) is 13.8 Å². The van der Waals surface area contributed by atoms with Crippen molar-refractivity contribution in [3.8, 4) is 5.75 Å². The van der Waals surface area contributed by atoms with E-state index in [1.165, 1.54) is 0 Å². The van der Waals surface area contributed by atoms with Crippen molar-refractivity contribution < 1.29 is 24.0 Å². The number of aromatic nitrogens is 1. The number of carbonyl (C=O) groups excluding carboxylic acids is 2. The van der Waals surface area contributed by atoms with E-state index in [0.29, 0.717) is 17.1 Å². The van der Waals surface area contributed by atoms with Gasteiger partial charge in [0, 0.05) is 0 Å². The summed E-state index contributed by atoms with van der Waals surface area (Å²) in [4.78, 5) is 36.8. The number of nitro groups is 1. The zero-order chi connectivity index (χ0) is 18.4. The second-order valence-electron chi connectivity index (χ2n) is 5.00. The van der Waals surface area contributed by atoms with Crippen molar-refractivity contribution in [1.29, 1.82) is 0 Å². The molecule has 0 aliphatic rings. The summed E-state index contributed by atoms with van der Waals surface area (Å²) in [5.41, 5.74) is 2.14. The maximum Gasteiger partial charge on any atom is 0.345 e. The van der Waals surface area contributed by atoms with E-state index in [1.54, 1.807) is 12.1 Å². The number of carbonyl (C=O) groups is 2. The van der Waals surface area contributed by atoms with Crippen LogP contribution in [0.25, 0.3) is 0 Å². The predicted octanol–water partition coefficient (Wildman–Crippen LogP) is 2.23. The molecule has 0 fully saturated rings. The number of esters is 1. The van der Waals surface area contributed by atoms with E-state index in [-0.39, 0.29) is 16.7 Å². The molecular formula is C15H15N3O6S. The molecule has 1 aromatic heterocycles. The van der Waals surface area contributed by atoms with Crippen LogP contribution in [0.3, 0.4) is 0 Å². The summed E-state index contributed by atoms with van der Waals surface area (Å²) < 4.78 is 10.1. The normalized spacial score (nSPS) is 10.2. The Bertz CT molecular complexity index is 804. The number of nitrogens with zero attached hydrogens (tertiary/aromatic N) is 2. The summed E-state index contributed by atoms with van der Waals surface area (Å²) in [5, 5.41) is 12.7. The lowest BCUT2D eigenvalue weighted by Crippen LogP contribution is -2.23. The Morgan fingerprint density at radius 2 is 2.04 bits per heavy atom. The molecule has 2 rings (SSSR count). The highest BCUT2D eigenvalue weighted by Gasteiger charge is 2.14. The molecule has 1 N–H and O–H groups in total. The molecule has 1 heterocycles. The molecule has 0 aliphatic carbocycles. The third-order valence-corrected chi connectivity index (χ3v) is 3.98. The van der Waals surface area contributed by atoms with Crippen LogP contribution in [-0.2, 0) is 14.3 Å². The summed E-state index contributed by atoms with van der Waals surface area (Å²) >= 11 is 0.706. The number of thiazole rings is 1. The topological polar surface area (TPSA) is 121 Å². The van der Waals surface area contributed by atoms with E-state index in [0.717, 1.165) is 17.3 Å². The highest BCUT2D eigenvalue weighted by molar-refractivity contribution is 7.18. The van der Waals surface area contributed by atoms with Crippen LogP contribution in [0.15, 0.2) is 24.4 Å². The van der Waals surface area contributed by atoms with Gasteiger partial charge in [0.1, 0.15) is 11.9 Å². The molecule has 132 valence electrons. The van der Waals surface area contributed by atoms with Gasteiger partial charge in [-0.05, 0) is 48.4 Å². The maximum atomic E-state index is 11.6. The zero-order valence-corrected chi connectivity index (χ0v) is 14.3. The van der Waals surface area contributed by atoms with E-state index in [2.05, 4.69) is 10.3 Å². The molecule has 0 saturated heterocycles. The Morgan fingerprint density at radius 3 is 2.68 bits per heavy atom. The Morgan fingerprint density at radius 1 is 1.28 bits per heavy atom. The molecule has 1 amide bonds. The minimum Gasteiger partial charge on any atom is -0.482 e. The summed E-state index contributed by atoms with van der Waals surface area (Å²) in [5.74, 6) is -0.832. The first kappa shape index (κ1) is 18.3. The van der Waals surface area contributed by atoms with Crippen molar-refractivity contribution in [2.24, 2.45) is 0 Å². The lowest BCUT2D eigenvalue weighted by atomic mass is 10.1. The van der Waals surface area contributed by atoms with Gasteiger partial charge in [0.2, 0.25) is 0 Å². The number of nitrogens with one attached hydrogen (secondary N) is 1. The summed E-state index contributed by atoms with van der Waals surface area (Å²) in [7, 11) is 0. The van der Waals surface area contributed by atoms with Crippen LogP contribution in [0.1, 0.15) is 11.1 Å². The fourth-order valence-electron chi connectivity index (χ4n) is 1.70. The van der Waals surface area contributed by atoms with Crippen LogP contribution < -0.4 is 10.1 Å². The molecule has 0 radical (unpaired) electrons. The second kappa shape index (κ2) is 8.20. The molecule has 2 aromatic rings. The van der Waals surface area contributed by atoms with Crippen molar-refractivity contribution in [2.75, 3.05) is 18.5 Å². The Kier molecular flexibility index (Phi) is 6.01. The highest BCUT2D eigenvalue weighted by atomic mass is 32.1. The average Bonchev–Trinajstić information content (AvgIpc) is 3.03. The first-order valence-corrected chi connectivity index (χ1v) is 7.92. The van der Waals surface area contributed by atoms with Gasteiger partial charge in [-0.15, -0.1) is 0 Å². The third-order valence-electron chi connectivity index (χ3n) is 3.12. The Hall–Kier alpha value is -3.01. The Labute approximate surface area is 146 Å². The monoisotopic (exact) mass is 365 g/mol. The smallest absolute Gasteiger partial charge is 0.345 e. The van der Waals surface area contributed by atoms with Crippen molar-refractivity contribution in [3.63, 3.8) is 0 Å². The number of rotatable bonds is 7. The molecule has 0 unspecified atom stereocenters. The molecular weight excluding hydrogens is 350 g/mol. The van der Waals surface area contributed by atoms with Crippen molar-refractivity contribution in [1.82, 2.24) is 4.98 Å². The van der Waals surface area contributed by atoms with Crippen LogP contribution in [0.5, 0.6) is 5.75 Å². The number of amides is 1. The molecule has 9 nitrogen and oxygen atoms in total. The number of aryl methyl sites for hydroxylation is 2. The first-order valence-electron chi connectivity index (χ1n) is 7.11. The number of anilines is 1. The number of hydrogen-bond acceptors (Lipinski definition) is 8. The van der Waals surface area contributed by atoms with E-state index in [9.17, 15) is 19.7 Å². The van der Waals surface area contributed by atoms with Gasteiger partial charge in [0.25, 0.3) is 5.91 Å². The predicted molar refractivity (Wildman–Crippen MR) is 89.8 cm³/mol. The van der Waals surface area contributed by atoms with Gasteiger partial charge in [0.05, 0.1) is 4.92 Å². The molecule has 0 bridgehead atoms. The lowest BCUT2D eigenvalue weighted by Gasteiger charge is -2.08. The SMILES string of the molecule is Cc1ccc(OCC(=O)OCC(=O)Nc2ncc([N+](=O)[O-])s2)cc1C. The fraction of sp³-hybridized carbons (Fsp3) is 0.267. The molecule has 0 atom stereocenters. The molecule has 1 aromatic carbocycles. The molecule has 0 saturated carbocycles. The van der Waals surface area contributed by atoms with E-state index in [1.807, 2.05) is 19.9 Å². The molecule has 10 heteroatoms. The summed E-state index contributed by atoms with van der Waals surface area (Å²) in [6.45, 7) is 3.01. The minimum absolute atomic E-state index is 0.0547. The minimum atomic E-state index is -0.710. The highest BCUT2D eigenvalue weighted by Crippen LogP contribution is 2.24. The lowest BCUT2D eigenvalue weighted by molar-refractivity contribution is -0.380. The quantitative estimate of drug-likeness (QED) is 0.454. The van der Waals surface area contributed by atoms with Gasteiger partial charge in [0.15, 0.2) is 18.3 Å². The van der Waals surface area contributed by atoms with Gasteiger partial charge in [-0.25, -0.2) is 9.78 Å². The van der Waals surface area contributed by atoms with Crippen LogP contribution in [-0.4, -0.2) is 35.0 Å². The van der Waals surface area contributed by atoms with Crippen molar-refractivity contribution >= 4 is 33.3 Å². The van der Waals surface area contributed by atoms with E-state index < -0.39 is 23.4 Å². The maximum absolute atomic E-state index is 11.6. The van der Waals surface area contributed by atoms with Crippen LogP contribution in [0.4, 0.5) is 10.1 Å². The van der Waals surface area contributed by atoms with Gasteiger partial charge >= 0.3 is 11.0 Å². The number of benzene rings is 1. The van der Waals surface area contributed by atoms with E-state index >= 15 is 0 Å². The average molecular weight is 365 g/mol. The Balaban J connectivity index is 1.74. The zero-order valence-electron chi connectivity index (χ0n) is 13.5. The van der Waals surface area contributed by atoms with Crippen LogP contribution in [0.2, 0.25) is 0 Å². The van der Waals surface area contributed by atoms with Crippen LogP contribution >= 0.6 is 11.3 Å². The van der Waals surface area contributed by atoms with E-state index in [4.69, 9.17) is 9.47 Å². The first-order chi connectivity index (χ1) is 11.8. The third kappa shape index (κ3) is 5.53. The van der Waals surface area contributed by atoms with Gasteiger partial charge in [-0.1, -0.05) is 6.07 Å². The van der Waals surface area contributed by atoms with Gasteiger partial charge < -0.3 is 9.47 Å². The number of hydrogen-bond donors (Lipinski definition) is 1. The van der Waals surface area contributed by atoms with Crippen molar-refractivity contribution in [3.05, 3.63) is 45.6 Å². The second-order valence-corrected chi connectivity index (χ2v) is 6.01. The molecule has 25 heavy (non-hydrogen) atoms. The van der Waals surface area contributed by atoms with Crippen LogP contribution in [0, 0.1) is 24.0 Å². The summed E-state index contributed by atoms with van der Waals surface area (Å²) in [6.07, 6.45) is 1.03. The van der Waals surface area contributed by atoms with Gasteiger partial charge in [-0.3, -0.25) is 20.2 Å². The molecule has 0 aliphatic heterocycles. The largest absolute Gasteiger partial charge is 0.482 e. The number of ether oxygens (including phenoxy) is 2. The summed E-state index contributed by atoms with van der Waals surface area (Å²) in [6, 6.07) is 5.40. The fourth-order valence-corrected chi connectivity index (χ4v) is 2.35. The van der Waals surface area contributed by atoms with Gasteiger partial charge in [-0.2, -0.15) is 0 Å².